The normalized spacial score (nSPS) is 24.7. The van der Waals surface area contributed by atoms with Crippen LogP contribution in [0.25, 0.3) is 0 Å². The summed E-state index contributed by atoms with van der Waals surface area (Å²) in [6.07, 6.45) is 4.10. The monoisotopic (exact) mass is 304 g/mol. The fraction of sp³-hybridized carbons (Fsp3) is 0.688. The number of nitrogens with one attached hydrogen (secondary N) is 1. The van der Waals surface area contributed by atoms with Gasteiger partial charge in [0.05, 0.1) is 6.10 Å². The van der Waals surface area contributed by atoms with E-state index in [9.17, 15) is 9.90 Å². The minimum absolute atomic E-state index is 0.146. The zero-order chi connectivity index (χ0) is 15.7. The number of rotatable bonds is 3. The van der Waals surface area contributed by atoms with Crippen LogP contribution in [0, 0.1) is 5.41 Å². The smallest absolute Gasteiger partial charge is 0.272 e. The molecule has 1 aromatic heterocycles. The molecule has 2 N–H and O–H groups in total. The van der Waals surface area contributed by atoms with Gasteiger partial charge in [0.2, 0.25) is 0 Å². The maximum atomic E-state index is 12.1. The van der Waals surface area contributed by atoms with Crippen molar-refractivity contribution >= 4 is 11.7 Å². The SMILES string of the molecule is CC1(C)CN(c2ccc(C(=O)NC3CCCC3)nn2)CC1O. The van der Waals surface area contributed by atoms with Crippen LogP contribution in [0.5, 0.6) is 0 Å². The van der Waals surface area contributed by atoms with E-state index in [2.05, 4.69) is 15.5 Å². The molecule has 0 radical (unpaired) electrons. The first-order chi connectivity index (χ1) is 10.5. The van der Waals surface area contributed by atoms with Crippen molar-refractivity contribution in [3.05, 3.63) is 17.8 Å². The molecule has 3 rings (SSSR count). The van der Waals surface area contributed by atoms with Crippen LogP contribution < -0.4 is 10.2 Å². The fourth-order valence-corrected chi connectivity index (χ4v) is 3.24. The van der Waals surface area contributed by atoms with Crippen LogP contribution in [-0.4, -0.2) is 46.4 Å². The van der Waals surface area contributed by atoms with Gasteiger partial charge in [0.1, 0.15) is 0 Å². The van der Waals surface area contributed by atoms with Gasteiger partial charge >= 0.3 is 0 Å². The Morgan fingerprint density at radius 1 is 1.32 bits per heavy atom. The van der Waals surface area contributed by atoms with E-state index in [1.54, 1.807) is 6.07 Å². The van der Waals surface area contributed by atoms with Gasteiger partial charge in [0, 0.05) is 24.5 Å². The van der Waals surface area contributed by atoms with Crippen molar-refractivity contribution in [3.63, 3.8) is 0 Å². The number of hydrogen-bond donors (Lipinski definition) is 2. The van der Waals surface area contributed by atoms with E-state index in [0.29, 0.717) is 18.1 Å². The molecule has 0 spiro atoms. The first-order valence-corrected chi connectivity index (χ1v) is 8.03. The van der Waals surface area contributed by atoms with Crippen LogP contribution >= 0.6 is 0 Å². The second-order valence-corrected chi connectivity index (χ2v) is 7.12. The molecule has 2 heterocycles. The Bertz CT molecular complexity index is 538. The van der Waals surface area contributed by atoms with Crippen molar-refractivity contribution < 1.29 is 9.90 Å². The second kappa shape index (κ2) is 5.83. The molecular weight excluding hydrogens is 280 g/mol. The van der Waals surface area contributed by atoms with Gasteiger partial charge in [0.25, 0.3) is 5.91 Å². The Kier molecular flexibility index (Phi) is 4.04. The summed E-state index contributed by atoms with van der Waals surface area (Å²) in [5.74, 6) is 0.565. The van der Waals surface area contributed by atoms with E-state index >= 15 is 0 Å². The number of amides is 1. The summed E-state index contributed by atoms with van der Waals surface area (Å²) in [7, 11) is 0. The zero-order valence-electron chi connectivity index (χ0n) is 13.2. The Morgan fingerprint density at radius 3 is 2.59 bits per heavy atom. The van der Waals surface area contributed by atoms with Crippen LogP contribution in [0.4, 0.5) is 5.82 Å². The minimum Gasteiger partial charge on any atom is -0.391 e. The minimum atomic E-state index is -0.375. The lowest BCUT2D eigenvalue weighted by molar-refractivity contribution is 0.0931. The predicted octanol–water partition coefficient (Wildman–Crippen LogP) is 1.36. The standard InChI is InChI=1S/C16H24N4O2/c1-16(2)10-20(9-13(16)21)14-8-7-12(18-19-14)15(22)17-11-5-3-4-6-11/h7-8,11,13,21H,3-6,9-10H2,1-2H3,(H,17,22). The van der Waals surface area contributed by atoms with Crippen molar-refractivity contribution in [1.29, 1.82) is 0 Å². The van der Waals surface area contributed by atoms with Gasteiger partial charge in [-0.1, -0.05) is 26.7 Å². The third-order valence-corrected chi connectivity index (χ3v) is 4.79. The van der Waals surface area contributed by atoms with Crippen molar-refractivity contribution in [1.82, 2.24) is 15.5 Å². The fourth-order valence-electron chi connectivity index (χ4n) is 3.24. The van der Waals surface area contributed by atoms with E-state index in [1.807, 2.05) is 24.8 Å². The highest BCUT2D eigenvalue weighted by atomic mass is 16.3. The molecular formula is C16H24N4O2. The summed E-state index contributed by atoms with van der Waals surface area (Å²) in [5.41, 5.74) is 0.204. The molecule has 6 heteroatoms. The number of hydrogen-bond acceptors (Lipinski definition) is 5. The molecule has 1 aromatic rings. The lowest BCUT2D eigenvalue weighted by Crippen LogP contribution is -2.33. The lowest BCUT2D eigenvalue weighted by atomic mass is 9.90. The topological polar surface area (TPSA) is 78.4 Å². The Balaban J connectivity index is 1.64. The first kappa shape index (κ1) is 15.2. The largest absolute Gasteiger partial charge is 0.391 e. The van der Waals surface area contributed by atoms with Gasteiger partial charge in [-0.15, -0.1) is 10.2 Å². The number of aromatic nitrogens is 2. The highest BCUT2D eigenvalue weighted by Crippen LogP contribution is 2.31. The molecule has 1 aliphatic heterocycles. The average Bonchev–Trinajstić information content (AvgIpc) is 3.08. The Labute approximate surface area is 130 Å². The molecule has 2 fully saturated rings. The molecule has 1 unspecified atom stereocenters. The maximum absolute atomic E-state index is 12.1. The van der Waals surface area contributed by atoms with E-state index in [1.165, 1.54) is 12.8 Å². The van der Waals surface area contributed by atoms with Gasteiger partial charge in [-0.2, -0.15) is 0 Å². The highest BCUT2D eigenvalue weighted by Gasteiger charge is 2.38. The summed E-state index contributed by atoms with van der Waals surface area (Å²) >= 11 is 0. The molecule has 6 nitrogen and oxygen atoms in total. The predicted molar refractivity (Wildman–Crippen MR) is 83.8 cm³/mol. The summed E-state index contributed by atoms with van der Waals surface area (Å²) in [6.45, 7) is 5.36. The number of β-amino-alcohol motifs (C(OH)–C–C–N with tert-alkyl or cyclic N) is 1. The zero-order valence-corrected chi connectivity index (χ0v) is 13.2. The van der Waals surface area contributed by atoms with Crippen LogP contribution in [0.3, 0.4) is 0 Å². The lowest BCUT2D eigenvalue weighted by Gasteiger charge is -2.21. The van der Waals surface area contributed by atoms with Crippen molar-refractivity contribution in [2.45, 2.75) is 51.7 Å². The van der Waals surface area contributed by atoms with E-state index < -0.39 is 0 Å². The number of aliphatic hydroxyl groups excluding tert-OH is 1. The molecule has 22 heavy (non-hydrogen) atoms. The highest BCUT2D eigenvalue weighted by molar-refractivity contribution is 5.92. The summed E-state index contributed by atoms with van der Waals surface area (Å²) in [6, 6.07) is 3.80. The van der Waals surface area contributed by atoms with Crippen LogP contribution in [0.2, 0.25) is 0 Å². The Morgan fingerprint density at radius 2 is 2.05 bits per heavy atom. The molecule has 120 valence electrons. The number of nitrogens with zero attached hydrogens (tertiary/aromatic N) is 3. The number of aliphatic hydroxyl groups is 1. The number of carbonyl (C=O) groups excluding carboxylic acids is 1. The number of carbonyl (C=O) groups is 1. The summed E-state index contributed by atoms with van der Waals surface area (Å²) < 4.78 is 0. The van der Waals surface area contributed by atoms with Gasteiger partial charge < -0.3 is 15.3 Å². The van der Waals surface area contributed by atoms with Crippen LogP contribution in [0.15, 0.2) is 12.1 Å². The maximum Gasteiger partial charge on any atom is 0.272 e. The van der Waals surface area contributed by atoms with Crippen molar-refractivity contribution in [2.75, 3.05) is 18.0 Å². The summed E-state index contributed by atoms with van der Waals surface area (Å²) in [4.78, 5) is 14.1. The molecule has 0 bridgehead atoms. The van der Waals surface area contributed by atoms with E-state index in [0.717, 1.165) is 19.4 Å². The van der Waals surface area contributed by atoms with E-state index in [-0.39, 0.29) is 23.5 Å². The molecule has 1 saturated carbocycles. The van der Waals surface area contributed by atoms with Crippen molar-refractivity contribution in [2.24, 2.45) is 5.41 Å². The second-order valence-electron chi connectivity index (χ2n) is 7.12. The molecule has 0 aromatic carbocycles. The molecule has 1 saturated heterocycles. The summed E-state index contributed by atoms with van der Waals surface area (Å²) in [5, 5.41) is 21.3. The third kappa shape index (κ3) is 3.06. The third-order valence-electron chi connectivity index (χ3n) is 4.79. The van der Waals surface area contributed by atoms with Gasteiger partial charge in [-0.05, 0) is 25.0 Å². The molecule has 1 amide bonds. The van der Waals surface area contributed by atoms with Crippen LogP contribution in [-0.2, 0) is 0 Å². The van der Waals surface area contributed by atoms with Gasteiger partial charge in [-0.25, -0.2) is 0 Å². The average molecular weight is 304 g/mol. The van der Waals surface area contributed by atoms with E-state index in [4.69, 9.17) is 0 Å². The van der Waals surface area contributed by atoms with Gasteiger partial charge in [-0.3, -0.25) is 4.79 Å². The Hall–Kier alpha value is -1.69. The number of anilines is 1. The van der Waals surface area contributed by atoms with Crippen molar-refractivity contribution in [3.8, 4) is 0 Å². The quantitative estimate of drug-likeness (QED) is 0.881. The first-order valence-electron chi connectivity index (χ1n) is 8.03. The molecule has 1 aliphatic carbocycles. The molecule has 1 atom stereocenters. The van der Waals surface area contributed by atoms with Gasteiger partial charge in [0.15, 0.2) is 11.5 Å². The van der Waals surface area contributed by atoms with Crippen LogP contribution in [0.1, 0.15) is 50.0 Å². The molecule has 2 aliphatic rings.